The van der Waals surface area contributed by atoms with Crippen LogP contribution in [0.15, 0.2) is 34.9 Å². The highest BCUT2D eigenvalue weighted by atomic mass is 16.5. The number of hydrogen-bond donors (Lipinski definition) is 1. The van der Waals surface area contributed by atoms with Crippen LogP contribution in [0.2, 0.25) is 0 Å². The molecule has 3 aromatic rings. The Hall–Kier alpha value is -3.10. The predicted octanol–water partition coefficient (Wildman–Crippen LogP) is 1.31. The van der Waals surface area contributed by atoms with Crippen molar-refractivity contribution in [3.05, 3.63) is 42.0 Å². The Bertz CT molecular complexity index is 858. The number of nitrogens with zero attached hydrogens (tertiary/aromatic N) is 6. The van der Waals surface area contributed by atoms with Crippen molar-refractivity contribution in [3.8, 4) is 11.5 Å². The molecule has 0 aliphatic carbocycles. The minimum Gasteiger partial charge on any atom is -0.348 e. The molecule has 3 heterocycles. The molecule has 0 fully saturated rings. The van der Waals surface area contributed by atoms with E-state index in [-0.39, 0.29) is 18.4 Å². The highest BCUT2D eigenvalue weighted by Crippen LogP contribution is 2.24. The molecular weight excluding hydrogens is 322 g/mol. The lowest BCUT2D eigenvalue weighted by atomic mass is 10.0. The lowest BCUT2D eigenvalue weighted by molar-refractivity contribution is -0.123. The molecule has 0 saturated carbocycles. The third-order valence-corrected chi connectivity index (χ3v) is 4.21. The van der Waals surface area contributed by atoms with Gasteiger partial charge < -0.3 is 9.84 Å². The van der Waals surface area contributed by atoms with E-state index in [9.17, 15) is 4.79 Å². The lowest BCUT2D eigenvalue weighted by Gasteiger charge is -2.12. The number of tetrazole rings is 1. The van der Waals surface area contributed by atoms with E-state index in [4.69, 9.17) is 4.52 Å². The van der Waals surface area contributed by atoms with Gasteiger partial charge in [-0.25, -0.2) is 4.68 Å². The molecule has 25 heavy (non-hydrogen) atoms. The van der Waals surface area contributed by atoms with E-state index in [1.165, 1.54) is 0 Å². The molecular formula is C16H17N7O2. The monoisotopic (exact) mass is 339 g/mol. The SMILES string of the molecule is O=C(NCc1noc(-c2ccccc2)n1)C1CCCCn2nnnc21. The van der Waals surface area contributed by atoms with Crippen LogP contribution in [0.3, 0.4) is 0 Å². The van der Waals surface area contributed by atoms with Crippen molar-refractivity contribution in [1.82, 2.24) is 35.7 Å². The van der Waals surface area contributed by atoms with Gasteiger partial charge in [0.1, 0.15) is 0 Å². The van der Waals surface area contributed by atoms with E-state index in [1.807, 2.05) is 30.3 Å². The van der Waals surface area contributed by atoms with E-state index < -0.39 is 0 Å². The molecule has 0 bridgehead atoms. The van der Waals surface area contributed by atoms with Gasteiger partial charge in [0.25, 0.3) is 5.89 Å². The molecule has 0 saturated heterocycles. The average molecular weight is 339 g/mol. The van der Waals surface area contributed by atoms with Gasteiger partial charge in [-0.2, -0.15) is 4.98 Å². The average Bonchev–Trinajstić information content (AvgIpc) is 3.26. The number of hydrogen-bond acceptors (Lipinski definition) is 7. The summed E-state index contributed by atoms with van der Waals surface area (Å²) in [5.41, 5.74) is 0.843. The molecule has 1 aromatic carbocycles. The Kier molecular flexibility index (Phi) is 4.19. The molecule has 1 amide bonds. The number of carbonyl (C=O) groups is 1. The number of rotatable bonds is 4. The lowest BCUT2D eigenvalue weighted by Crippen LogP contribution is -2.30. The number of amides is 1. The van der Waals surface area contributed by atoms with Crippen molar-refractivity contribution in [2.24, 2.45) is 0 Å². The Morgan fingerprint density at radius 3 is 3.04 bits per heavy atom. The molecule has 1 N–H and O–H groups in total. The van der Waals surface area contributed by atoms with E-state index in [0.29, 0.717) is 17.5 Å². The minimum absolute atomic E-state index is 0.121. The van der Waals surface area contributed by atoms with E-state index in [1.54, 1.807) is 4.68 Å². The first-order valence-corrected chi connectivity index (χ1v) is 8.23. The summed E-state index contributed by atoms with van der Waals surface area (Å²) in [5.74, 6) is 1.01. The standard InChI is InChI=1S/C16H17N7O2/c24-15(12-8-4-5-9-23-14(12)19-21-22-23)17-10-13-18-16(25-20-13)11-6-2-1-3-7-11/h1-3,6-7,12H,4-5,8-10H2,(H,17,24). The van der Waals surface area contributed by atoms with Crippen LogP contribution in [-0.4, -0.2) is 36.3 Å². The van der Waals surface area contributed by atoms with Gasteiger partial charge in [-0.05, 0) is 35.4 Å². The first kappa shape index (κ1) is 15.4. The second-order valence-electron chi connectivity index (χ2n) is 5.91. The topological polar surface area (TPSA) is 112 Å². The van der Waals surface area contributed by atoms with Gasteiger partial charge in [0.05, 0.1) is 12.5 Å². The molecule has 4 rings (SSSR count). The number of nitrogens with one attached hydrogen (secondary N) is 1. The van der Waals surface area contributed by atoms with Gasteiger partial charge in [-0.1, -0.05) is 29.8 Å². The third kappa shape index (κ3) is 3.25. The molecule has 9 heteroatoms. The third-order valence-electron chi connectivity index (χ3n) is 4.21. The Morgan fingerprint density at radius 1 is 1.28 bits per heavy atom. The van der Waals surface area contributed by atoms with Crippen LogP contribution in [0, 0.1) is 0 Å². The van der Waals surface area contributed by atoms with Crippen LogP contribution in [0.5, 0.6) is 0 Å². The van der Waals surface area contributed by atoms with Crippen LogP contribution in [0.25, 0.3) is 11.5 Å². The number of benzene rings is 1. The zero-order valence-electron chi connectivity index (χ0n) is 13.5. The highest BCUT2D eigenvalue weighted by Gasteiger charge is 2.28. The maximum Gasteiger partial charge on any atom is 0.257 e. The fraction of sp³-hybridized carbons (Fsp3) is 0.375. The van der Waals surface area contributed by atoms with Gasteiger partial charge in [0, 0.05) is 12.1 Å². The van der Waals surface area contributed by atoms with Crippen molar-refractivity contribution in [3.63, 3.8) is 0 Å². The zero-order valence-corrected chi connectivity index (χ0v) is 13.5. The van der Waals surface area contributed by atoms with E-state index >= 15 is 0 Å². The maximum atomic E-state index is 12.6. The summed E-state index contributed by atoms with van der Waals surface area (Å²) in [5, 5.41) is 18.4. The summed E-state index contributed by atoms with van der Waals surface area (Å²) in [6, 6.07) is 9.50. The fourth-order valence-corrected chi connectivity index (χ4v) is 2.92. The zero-order chi connectivity index (χ0) is 17.1. The second kappa shape index (κ2) is 6.80. The van der Waals surface area contributed by atoms with Crippen LogP contribution in [0.1, 0.15) is 36.8 Å². The highest BCUT2D eigenvalue weighted by molar-refractivity contribution is 5.82. The van der Waals surface area contributed by atoms with Crippen molar-refractivity contribution in [2.75, 3.05) is 0 Å². The predicted molar refractivity (Wildman–Crippen MR) is 86.0 cm³/mol. The van der Waals surface area contributed by atoms with Gasteiger partial charge in [0.2, 0.25) is 5.91 Å². The minimum atomic E-state index is -0.349. The number of carbonyl (C=O) groups excluding carboxylic acids is 1. The quantitative estimate of drug-likeness (QED) is 0.762. The first-order chi connectivity index (χ1) is 12.3. The van der Waals surface area contributed by atoms with Crippen molar-refractivity contribution < 1.29 is 9.32 Å². The molecule has 9 nitrogen and oxygen atoms in total. The molecule has 128 valence electrons. The van der Waals surface area contributed by atoms with Crippen LogP contribution in [-0.2, 0) is 17.9 Å². The molecule has 2 aromatic heterocycles. The second-order valence-corrected chi connectivity index (χ2v) is 5.91. The molecule has 1 aliphatic rings. The largest absolute Gasteiger partial charge is 0.348 e. The molecule has 0 spiro atoms. The van der Waals surface area contributed by atoms with Crippen molar-refractivity contribution >= 4 is 5.91 Å². The van der Waals surface area contributed by atoms with Crippen LogP contribution >= 0.6 is 0 Å². The summed E-state index contributed by atoms with van der Waals surface area (Å²) in [7, 11) is 0. The normalized spacial score (nSPS) is 16.9. The molecule has 1 unspecified atom stereocenters. The molecule has 1 aliphatic heterocycles. The van der Waals surface area contributed by atoms with Crippen LogP contribution in [0.4, 0.5) is 0 Å². The summed E-state index contributed by atoms with van der Waals surface area (Å²) in [6.45, 7) is 0.949. The number of aryl methyl sites for hydroxylation is 1. The summed E-state index contributed by atoms with van der Waals surface area (Å²) in [4.78, 5) is 16.9. The summed E-state index contributed by atoms with van der Waals surface area (Å²) < 4.78 is 6.95. The fourth-order valence-electron chi connectivity index (χ4n) is 2.92. The molecule has 1 atom stereocenters. The molecule has 0 radical (unpaired) electrons. The van der Waals surface area contributed by atoms with Crippen LogP contribution < -0.4 is 5.32 Å². The summed E-state index contributed by atoms with van der Waals surface area (Å²) >= 11 is 0. The van der Waals surface area contributed by atoms with Gasteiger partial charge in [0.15, 0.2) is 11.6 Å². The smallest absolute Gasteiger partial charge is 0.257 e. The number of aromatic nitrogens is 6. The van der Waals surface area contributed by atoms with Crippen molar-refractivity contribution in [1.29, 1.82) is 0 Å². The summed E-state index contributed by atoms with van der Waals surface area (Å²) in [6.07, 6.45) is 2.64. The van der Waals surface area contributed by atoms with Crippen molar-refractivity contribution in [2.45, 2.75) is 38.3 Å². The first-order valence-electron chi connectivity index (χ1n) is 8.23. The van der Waals surface area contributed by atoms with E-state index in [0.717, 1.165) is 31.4 Å². The van der Waals surface area contributed by atoms with Gasteiger partial charge in [-0.3, -0.25) is 4.79 Å². The number of fused-ring (bicyclic) bond motifs is 1. The van der Waals surface area contributed by atoms with E-state index in [2.05, 4.69) is 31.0 Å². The van der Waals surface area contributed by atoms with Gasteiger partial charge in [-0.15, -0.1) is 5.10 Å². The van der Waals surface area contributed by atoms with Gasteiger partial charge >= 0.3 is 0 Å². The maximum absolute atomic E-state index is 12.6. The Balaban J connectivity index is 1.42. The Morgan fingerprint density at radius 2 is 2.16 bits per heavy atom. The Labute approximate surface area is 143 Å².